The van der Waals surface area contributed by atoms with Gasteiger partial charge in [-0.15, -0.1) is 0 Å². The minimum Gasteiger partial charge on any atom is -0.452 e. The average Bonchev–Trinajstić information content (AvgIpc) is 2.74. The van der Waals surface area contributed by atoms with Crippen LogP contribution in [0.25, 0.3) is 0 Å². The topological polar surface area (TPSA) is 63.9 Å². The van der Waals surface area contributed by atoms with Crippen LogP contribution in [0.2, 0.25) is 0 Å². The number of amides is 1. The largest absolute Gasteiger partial charge is 0.452 e. The predicted molar refractivity (Wildman–Crippen MR) is 95.5 cm³/mol. The summed E-state index contributed by atoms with van der Waals surface area (Å²) < 4.78 is 17.5. The van der Waals surface area contributed by atoms with Crippen LogP contribution in [-0.2, 0) is 16.0 Å². The molecule has 1 rings (SSSR count). The summed E-state index contributed by atoms with van der Waals surface area (Å²) in [5, 5.41) is 3.24. The minimum absolute atomic E-state index is 0.333. The maximum Gasteiger partial charge on any atom is 0.410 e. The van der Waals surface area contributed by atoms with Crippen LogP contribution in [0.15, 0.2) is 19.6 Å². The van der Waals surface area contributed by atoms with Gasteiger partial charge in [-0.3, -0.25) is 0 Å². The first-order valence-electron chi connectivity index (χ1n) is 7.34. The molecule has 0 spiro atoms. The van der Waals surface area contributed by atoms with Gasteiger partial charge in [-0.25, -0.2) is 4.79 Å². The molecule has 0 fully saturated rings. The van der Waals surface area contributed by atoms with Crippen LogP contribution >= 0.6 is 31.9 Å². The molecule has 0 saturated heterocycles. The summed E-state index contributed by atoms with van der Waals surface area (Å²) in [6.07, 6.45) is -0.333. The number of nitrogens with one attached hydrogen (secondary N) is 1. The number of rotatable bonds is 8. The first kappa shape index (κ1) is 20.5. The molecule has 1 aromatic heterocycles. The van der Waals surface area contributed by atoms with Crippen LogP contribution in [0.5, 0.6) is 0 Å². The Labute approximate surface area is 154 Å². The van der Waals surface area contributed by atoms with E-state index in [1.54, 1.807) is 12.0 Å². The molecule has 1 aromatic rings. The Morgan fingerprint density at radius 1 is 1.35 bits per heavy atom. The third-order valence-corrected chi connectivity index (χ3v) is 4.48. The summed E-state index contributed by atoms with van der Waals surface area (Å²) >= 11 is 6.67. The summed E-state index contributed by atoms with van der Waals surface area (Å²) in [5.41, 5.74) is -0.511. The van der Waals surface area contributed by atoms with E-state index in [9.17, 15) is 4.79 Å². The van der Waals surface area contributed by atoms with Gasteiger partial charge in [0.15, 0.2) is 4.67 Å². The van der Waals surface area contributed by atoms with E-state index < -0.39 is 5.60 Å². The molecule has 6 nitrogen and oxygen atoms in total. The molecule has 0 radical (unpaired) electrons. The van der Waals surface area contributed by atoms with E-state index in [1.165, 1.54) is 0 Å². The van der Waals surface area contributed by atoms with E-state index in [0.29, 0.717) is 37.5 Å². The third-order valence-electron chi connectivity index (χ3n) is 2.77. The predicted octanol–water partition coefficient (Wildman–Crippen LogP) is 3.78. The van der Waals surface area contributed by atoms with Crippen LogP contribution in [0.1, 0.15) is 26.5 Å². The smallest absolute Gasteiger partial charge is 0.410 e. The van der Waals surface area contributed by atoms with Crippen molar-refractivity contribution >= 4 is 38.0 Å². The van der Waals surface area contributed by atoms with E-state index in [1.807, 2.05) is 26.8 Å². The zero-order chi connectivity index (χ0) is 17.5. The van der Waals surface area contributed by atoms with Gasteiger partial charge in [-0.05, 0) is 58.7 Å². The number of ether oxygens (including phenoxy) is 2. The van der Waals surface area contributed by atoms with E-state index >= 15 is 0 Å². The number of carbonyl (C=O) groups is 1. The molecule has 0 aliphatic heterocycles. The van der Waals surface area contributed by atoms with Crippen LogP contribution in [0, 0.1) is 0 Å². The molecule has 0 aromatic carbocycles. The summed E-state index contributed by atoms with van der Waals surface area (Å²) in [6, 6.07) is 1.90. The van der Waals surface area contributed by atoms with Crippen molar-refractivity contribution in [2.75, 3.05) is 33.4 Å². The lowest BCUT2D eigenvalue weighted by atomic mass is 10.2. The average molecular weight is 456 g/mol. The van der Waals surface area contributed by atoms with Gasteiger partial charge in [-0.1, -0.05) is 0 Å². The van der Waals surface area contributed by atoms with E-state index in [-0.39, 0.29) is 6.09 Å². The van der Waals surface area contributed by atoms with Gasteiger partial charge >= 0.3 is 6.09 Å². The molecule has 0 aliphatic rings. The summed E-state index contributed by atoms with van der Waals surface area (Å²) in [4.78, 5) is 13.8. The highest BCUT2D eigenvalue weighted by atomic mass is 79.9. The van der Waals surface area contributed by atoms with E-state index in [0.717, 1.165) is 10.2 Å². The molecule has 0 unspecified atom stereocenters. The second kappa shape index (κ2) is 9.66. The third kappa shape index (κ3) is 8.19. The molecule has 0 aliphatic carbocycles. The molecule has 0 saturated carbocycles. The molecule has 0 bridgehead atoms. The first-order valence-corrected chi connectivity index (χ1v) is 8.93. The van der Waals surface area contributed by atoms with E-state index in [2.05, 4.69) is 37.2 Å². The van der Waals surface area contributed by atoms with Gasteiger partial charge in [0.1, 0.15) is 11.4 Å². The van der Waals surface area contributed by atoms with Gasteiger partial charge in [0.05, 0.1) is 17.6 Å². The SMILES string of the molecule is COCCN(CCNCc1cc(Br)c(Br)o1)C(=O)OC(C)(C)C. The Hall–Kier alpha value is -0.570. The van der Waals surface area contributed by atoms with Crippen LogP contribution in [0.4, 0.5) is 4.79 Å². The molecular weight excluding hydrogens is 432 g/mol. The zero-order valence-corrected chi connectivity index (χ0v) is 17.1. The van der Waals surface area contributed by atoms with Gasteiger partial charge in [0.2, 0.25) is 0 Å². The summed E-state index contributed by atoms with van der Waals surface area (Å²) in [5.74, 6) is 0.810. The van der Waals surface area contributed by atoms with Crippen molar-refractivity contribution in [3.05, 3.63) is 21.0 Å². The molecule has 1 heterocycles. The standard InChI is InChI=1S/C15H24Br2N2O4/c1-15(2,3)23-14(20)19(7-8-21-4)6-5-18-10-11-9-12(16)13(17)22-11/h9,18H,5-8,10H2,1-4H3. The van der Waals surface area contributed by atoms with Crippen molar-refractivity contribution in [3.8, 4) is 0 Å². The second-order valence-corrected chi connectivity index (χ2v) is 7.55. The van der Waals surface area contributed by atoms with Crippen molar-refractivity contribution in [3.63, 3.8) is 0 Å². The molecule has 0 atom stereocenters. The Morgan fingerprint density at radius 3 is 2.57 bits per heavy atom. The highest BCUT2D eigenvalue weighted by molar-refractivity contribution is 9.13. The van der Waals surface area contributed by atoms with Crippen molar-refractivity contribution in [1.29, 1.82) is 0 Å². The quantitative estimate of drug-likeness (QED) is 0.604. The lowest BCUT2D eigenvalue weighted by Crippen LogP contribution is -2.42. The number of carbonyl (C=O) groups excluding carboxylic acids is 1. The van der Waals surface area contributed by atoms with Crippen LogP contribution in [0.3, 0.4) is 0 Å². The van der Waals surface area contributed by atoms with Crippen molar-refractivity contribution < 1.29 is 18.7 Å². The Kier molecular flexibility index (Phi) is 8.60. The lowest BCUT2D eigenvalue weighted by Gasteiger charge is -2.27. The van der Waals surface area contributed by atoms with Crippen LogP contribution in [-0.4, -0.2) is 49.9 Å². The van der Waals surface area contributed by atoms with Crippen LogP contribution < -0.4 is 5.32 Å². The number of nitrogens with zero attached hydrogens (tertiary/aromatic N) is 1. The van der Waals surface area contributed by atoms with Gasteiger partial charge in [0.25, 0.3) is 0 Å². The maximum absolute atomic E-state index is 12.2. The number of furan rings is 1. The lowest BCUT2D eigenvalue weighted by molar-refractivity contribution is 0.0204. The van der Waals surface area contributed by atoms with Gasteiger partial charge in [-0.2, -0.15) is 0 Å². The number of halogens is 2. The maximum atomic E-state index is 12.2. The summed E-state index contributed by atoms with van der Waals surface area (Å²) in [6.45, 7) is 8.25. The Balaban J connectivity index is 2.42. The minimum atomic E-state index is -0.511. The van der Waals surface area contributed by atoms with Gasteiger partial charge in [0, 0.05) is 26.7 Å². The molecule has 1 amide bonds. The molecule has 132 valence electrons. The monoisotopic (exact) mass is 454 g/mol. The second-order valence-electron chi connectivity index (χ2n) is 5.97. The highest BCUT2D eigenvalue weighted by Crippen LogP contribution is 2.26. The molecular formula is C15H24Br2N2O4. The normalized spacial score (nSPS) is 11.6. The number of hydrogen-bond acceptors (Lipinski definition) is 5. The fourth-order valence-electron chi connectivity index (χ4n) is 1.73. The van der Waals surface area contributed by atoms with Crippen molar-refractivity contribution in [2.45, 2.75) is 32.9 Å². The fraction of sp³-hybridized carbons (Fsp3) is 0.667. The van der Waals surface area contributed by atoms with E-state index in [4.69, 9.17) is 13.9 Å². The zero-order valence-electron chi connectivity index (χ0n) is 13.9. The van der Waals surface area contributed by atoms with Gasteiger partial charge < -0.3 is 24.1 Å². The first-order chi connectivity index (χ1) is 10.7. The Morgan fingerprint density at radius 2 is 2.04 bits per heavy atom. The molecule has 23 heavy (non-hydrogen) atoms. The highest BCUT2D eigenvalue weighted by Gasteiger charge is 2.21. The Bertz CT molecular complexity index is 481. The summed E-state index contributed by atoms with van der Waals surface area (Å²) in [7, 11) is 1.61. The number of hydrogen-bond donors (Lipinski definition) is 1. The molecule has 8 heteroatoms. The number of methoxy groups -OCH3 is 1. The molecule has 1 N–H and O–H groups in total. The fourth-order valence-corrected chi connectivity index (χ4v) is 2.39. The van der Waals surface area contributed by atoms with Crippen molar-refractivity contribution in [2.24, 2.45) is 0 Å². The van der Waals surface area contributed by atoms with Crippen molar-refractivity contribution in [1.82, 2.24) is 10.2 Å².